The second-order valence-electron chi connectivity index (χ2n) is 7.10. The van der Waals surface area contributed by atoms with E-state index in [1.54, 1.807) is 36.5 Å². The highest BCUT2D eigenvalue weighted by atomic mass is 19.1. The Morgan fingerprint density at radius 2 is 1.97 bits per heavy atom. The molecule has 3 heterocycles. The Morgan fingerprint density at radius 3 is 2.70 bits per heavy atom. The fourth-order valence-electron chi connectivity index (χ4n) is 3.58. The summed E-state index contributed by atoms with van der Waals surface area (Å²) in [6.45, 7) is 4.03. The fraction of sp³-hybridized carbons (Fsp3) is 0.227. The predicted octanol–water partition coefficient (Wildman–Crippen LogP) is 2.91. The first-order valence-corrected chi connectivity index (χ1v) is 9.53. The first-order valence-electron chi connectivity index (χ1n) is 9.53. The molecule has 0 aliphatic rings. The van der Waals surface area contributed by atoms with Gasteiger partial charge in [0.05, 0.1) is 30.9 Å². The van der Waals surface area contributed by atoms with Crippen molar-refractivity contribution in [1.82, 2.24) is 19.7 Å². The minimum atomic E-state index is -0.353. The molecule has 30 heavy (non-hydrogen) atoms. The average molecular weight is 408 g/mol. The Hall–Kier alpha value is -3.68. The van der Waals surface area contributed by atoms with Crippen LogP contribution in [0, 0.1) is 19.7 Å². The van der Waals surface area contributed by atoms with Gasteiger partial charge in [0.15, 0.2) is 0 Å². The van der Waals surface area contributed by atoms with Gasteiger partial charge in [-0.15, -0.1) is 0 Å². The molecule has 4 rings (SSSR count). The van der Waals surface area contributed by atoms with Gasteiger partial charge >= 0.3 is 0 Å². The van der Waals surface area contributed by atoms with Crippen molar-refractivity contribution >= 4 is 16.7 Å². The molecule has 1 N–H and O–H groups in total. The van der Waals surface area contributed by atoms with Gasteiger partial charge in [-0.3, -0.25) is 9.59 Å². The molecule has 0 unspecified atom stereocenters. The number of aromatic nitrogens is 3. The van der Waals surface area contributed by atoms with E-state index in [4.69, 9.17) is 4.42 Å². The van der Waals surface area contributed by atoms with Crippen molar-refractivity contribution < 1.29 is 13.6 Å². The lowest BCUT2D eigenvalue weighted by molar-refractivity contribution is -0.122. The van der Waals surface area contributed by atoms with Gasteiger partial charge in [-0.25, -0.2) is 9.07 Å². The summed E-state index contributed by atoms with van der Waals surface area (Å²) in [4.78, 5) is 25.2. The number of hydrogen-bond acceptors (Lipinski definition) is 4. The van der Waals surface area contributed by atoms with Crippen molar-refractivity contribution in [3.63, 3.8) is 0 Å². The van der Waals surface area contributed by atoms with E-state index in [0.717, 1.165) is 10.4 Å². The van der Waals surface area contributed by atoms with Crippen LogP contribution in [0.1, 0.15) is 22.7 Å². The number of benzene rings is 1. The van der Waals surface area contributed by atoms with Crippen LogP contribution >= 0.6 is 0 Å². The molecule has 0 saturated carbocycles. The molecule has 0 radical (unpaired) electrons. The second kappa shape index (κ2) is 7.98. The number of fused-ring (bicyclic) bond motifs is 1. The number of aryl methyl sites for hydroxylation is 2. The molecule has 1 aromatic carbocycles. The number of nitrogens with one attached hydrogen (secondary N) is 1. The summed E-state index contributed by atoms with van der Waals surface area (Å²) < 4.78 is 22.3. The van der Waals surface area contributed by atoms with Crippen LogP contribution in [-0.2, 0) is 24.4 Å². The number of amides is 1. The largest absolute Gasteiger partial charge is 0.467 e. The van der Waals surface area contributed by atoms with Crippen molar-refractivity contribution in [2.45, 2.75) is 33.5 Å². The molecular weight excluding hydrogens is 387 g/mol. The van der Waals surface area contributed by atoms with E-state index in [2.05, 4.69) is 10.4 Å². The predicted molar refractivity (Wildman–Crippen MR) is 110 cm³/mol. The maximum absolute atomic E-state index is 14.1. The molecule has 0 aliphatic carbocycles. The molecule has 0 fully saturated rings. The van der Waals surface area contributed by atoms with Gasteiger partial charge in [0, 0.05) is 22.3 Å². The number of rotatable bonds is 6. The summed E-state index contributed by atoms with van der Waals surface area (Å²) in [6, 6.07) is 10.0. The van der Waals surface area contributed by atoms with E-state index in [1.165, 1.54) is 12.3 Å². The van der Waals surface area contributed by atoms with Crippen LogP contribution in [0.4, 0.5) is 4.39 Å². The van der Waals surface area contributed by atoms with E-state index in [1.807, 2.05) is 18.4 Å². The highest BCUT2D eigenvalue weighted by molar-refractivity contribution is 5.87. The smallest absolute Gasteiger partial charge is 0.276 e. The average Bonchev–Trinajstić information content (AvgIpc) is 3.33. The summed E-state index contributed by atoms with van der Waals surface area (Å²) in [6.07, 6.45) is 3.11. The summed E-state index contributed by atoms with van der Waals surface area (Å²) >= 11 is 0. The highest BCUT2D eigenvalue weighted by Gasteiger charge is 2.18. The zero-order valence-electron chi connectivity index (χ0n) is 16.7. The quantitative estimate of drug-likeness (QED) is 0.532. The Morgan fingerprint density at radius 1 is 1.17 bits per heavy atom. The van der Waals surface area contributed by atoms with Crippen LogP contribution in [-0.4, -0.2) is 20.3 Å². The van der Waals surface area contributed by atoms with Crippen molar-refractivity contribution in [2.24, 2.45) is 0 Å². The number of nitrogens with zero attached hydrogens (tertiary/aromatic N) is 3. The van der Waals surface area contributed by atoms with E-state index in [9.17, 15) is 14.0 Å². The van der Waals surface area contributed by atoms with Crippen LogP contribution in [0.25, 0.3) is 10.8 Å². The molecule has 4 aromatic rings. The van der Waals surface area contributed by atoms with Crippen molar-refractivity contribution in [2.75, 3.05) is 0 Å². The normalized spacial score (nSPS) is 11.2. The minimum absolute atomic E-state index is 0.202. The van der Waals surface area contributed by atoms with Crippen LogP contribution in [0.2, 0.25) is 0 Å². The third-order valence-electron chi connectivity index (χ3n) is 5.22. The summed E-state index contributed by atoms with van der Waals surface area (Å²) in [5.74, 6) is -0.0193. The van der Waals surface area contributed by atoms with Gasteiger partial charge in [-0.1, -0.05) is 18.2 Å². The zero-order chi connectivity index (χ0) is 21.3. The third kappa shape index (κ3) is 3.63. The van der Waals surface area contributed by atoms with Crippen LogP contribution in [0.15, 0.2) is 58.1 Å². The van der Waals surface area contributed by atoms with Gasteiger partial charge in [-0.2, -0.15) is 5.10 Å². The molecule has 1 amide bonds. The van der Waals surface area contributed by atoms with Crippen molar-refractivity contribution in [3.05, 3.63) is 87.7 Å². The maximum atomic E-state index is 14.1. The SMILES string of the molecule is Cc1c2cnn(CC(=O)NCc3ccco3)c(=O)c2c(C)n1Cc1ccccc1F. The third-order valence-corrected chi connectivity index (χ3v) is 5.22. The molecule has 154 valence electrons. The van der Waals surface area contributed by atoms with Crippen LogP contribution in [0.3, 0.4) is 0 Å². The van der Waals surface area contributed by atoms with Crippen LogP contribution in [0.5, 0.6) is 0 Å². The Bertz CT molecular complexity index is 1270. The number of hydrogen-bond donors (Lipinski definition) is 1. The van der Waals surface area contributed by atoms with Gasteiger partial charge in [0.25, 0.3) is 5.56 Å². The topological polar surface area (TPSA) is 82.1 Å². The zero-order valence-corrected chi connectivity index (χ0v) is 16.7. The summed E-state index contributed by atoms with van der Waals surface area (Å²) in [5, 5.41) is 8.04. The van der Waals surface area contributed by atoms with Crippen LogP contribution < -0.4 is 10.9 Å². The highest BCUT2D eigenvalue weighted by Crippen LogP contribution is 2.23. The molecule has 7 nitrogen and oxygen atoms in total. The minimum Gasteiger partial charge on any atom is -0.467 e. The molecule has 0 aliphatic heterocycles. The molecule has 0 atom stereocenters. The molecule has 0 bridgehead atoms. The lowest BCUT2D eigenvalue weighted by Gasteiger charge is -2.10. The van der Waals surface area contributed by atoms with Gasteiger partial charge in [0.2, 0.25) is 5.91 Å². The Kier molecular flexibility index (Phi) is 5.22. The fourth-order valence-corrected chi connectivity index (χ4v) is 3.58. The van der Waals surface area contributed by atoms with E-state index < -0.39 is 0 Å². The second-order valence-corrected chi connectivity index (χ2v) is 7.10. The van der Waals surface area contributed by atoms with Gasteiger partial charge in [0.1, 0.15) is 18.1 Å². The van der Waals surface area contributed by atoms with Crippen molar-refractivity contribution in [3.8, 4) is 0 Å². The van der Waals surface area contributed by atoms with E-state index >= 15 is 0 Å². The number of carbonyl (C=O) groups is 1. The van der Waals surface area contributed by atoms with E-state index in [-0.39, 0.29) is 30.4 Å². The first kappa shape index (κ1) is 19.6. The maximum Gasteiger partial charge on any atom is 0.276 e. The molecule has 8 heteroatoms. The molecular formula is C22H21FN4O3. The molecule has 0 spiro atoms. The first-order chi connectivity index (χ1) is 14.5. The van der Waals surface area contributed by atoms with Crippen molar-refractivity contribution in [1.29, 1.82) is 0 Å². The Labute approximate surface area is 171 Å². The summed E-state index contributed by atoms with van der Waals surface area (Å²) in [5.41, 5.74) is 1.72. The number of furan rings is 1. The van der Waals surface area contributed by atoms with Gasteiger partial charge in [-0.05, 0) is 32.0 Å². The summed E-state index contributed by atoms with van der Waals surface area (Å²) in [7, 11) is 0. The Balaban J connectivity index is 1.62. The molecule has 0 saturated heterocycles. The lowest BCUT2D eigenvalue weighted by atomic mass is 10.2. The number of halogens is 1. The monoisotopic (exact) mass is 408 g/mol. The van der Waals surface area contributed by atoms with E-state index in [0.29, 0.717) is 34.3 Å². The number of carbonyl (C=O) groups excluding carboxylic acids is 1. The molecule has 3 aromatic heterocycles. The lowest BCUT2D eigenvalue weighted by Crippen LogP contribution is -2.33. The van der Waals surface area contributed by atoms with Gasteiger partial charge < -0.3 is 14.3 Å². The standard InChI is InChI=1S/C22H21FN4O3/c1-14-18-11-25-27(13-20(28)24-10-17-7-5-9-30-17)22(29)21(18)15(2)26(14)12-16-6-3-4-8-19(16)23/h3-9,11H,10,12-13H2,1-2H3,(H,24,28).